The molecule has 0 aliphatic heterocycles. The molecule has 0 atom stereocenters. The van der Waals surface area contributed by atoms with E-state index in [9.17, 15) is 0 Å². The molecule has 2 rings (SSSR count). The lowest BCUT2D eigenvalue weighted by molar-refractivity contribution is 0.199. The number of nitrogens with zero attached hydrogens (tertiary/aromatic N) is 1. The van der Waals surface area contributed by atoms with Crippen molar-refractivity contribution in [2.24, 2.45) is 5.73 Å². The zero-order valence-electron chi connectivity index (χ0n) is 11.0. The maximum atomic E-state index is 9.05. The molecular weight excluding hydrogens is 260 g/mol. The predicted molar refractivity (Wildman–Crippen MR) is 76.3 cm³/mol. The molecule has 1 aliphatic carbocycles. The van der Waals surface area contributed by atoms with Gasteiger partial charge in [0.2, 0.25) is 0 Å². The Morgan fingerprint density at radius 1 is 1.26 bits per heavy atom. The normalized spacial score (nSPS) is 18.4. The summed E-state index contributed by atoms with van der Waals surface area (Å²) < 4.78 is 5.77. The molecule has 1 fully saturated rings. The molecule has 102 valence electrons. The lowest BCUT2D eigenvalue weighted by Gasteiger charge is -2.28. The van der Waals surface area contributed by atoms with E-state index in [1.807, 2.05) is 0 Å². The second-order valence-electron chi connectivity index (χ2n) is 5.32. The third-order valence-electron chi connectivity index (χ3n) is 3.68. The number of nitriles is 1. The van der Waals surface area contributed by atoms with Crippen LogP contribution in [0.3, 0.4) is 0 Å². The van der Waals surface area contributed by atoms with Crippen LogP contribution in [0.2, 0.25) is 5.02 Å². The van der Waals surface area contributed by atoms with Gasteiger partial charge in [-0.25, -0.2) is 0 Å². The zero-order valence-corrected chi connectivity index (χ0v) is 11.7. The summed E-state index contributed by atoms with van der Waals surface area (Å²) in [4.78, 5) is 0. The Labute approximate surface area is 119 Å². The van der Waals surface area contributed by atoms with Crippen LogP contribution >= 0.6 is 11.6 Å². The molecule has 0 aromatic heterocycles. The van der Waals surface area contributed by atoms with Gasteiger partial charge in [-0.15, -0.1) is 0 Å². The van der Waals surface area contributed by atoms with Crippen molar-refractivity contribution in [2.45, 2.75) is 44.1 Å². The Morgan fingerprint density at radius 3 is 2.58 bits per heavy atom. The van der Waals surface area contributed by atoms with Crippen molar-refractivity contribution in [2.75, 3.05) is 6.61 Å². The minimum absolute atomic E-state index is 0.272. The van der Waals surface area contributed by atoms with Gasteiger partial charge < -0.3 is 10.5 Å². The molecule has 1 aliphatic rings. The highest BCUT2D eigenvalue weighted by atomic mass is 35.5. The Kier molecular flexibility index (Phi) is 4.68. The summed E-state index contributed by atoms with van der Waals surface area (Å²) in [5.41, 5.74) is 6.62. The van der Waals surface area contributed by atoms with E-state index >= 15 is 0 Å². The number of hydrogen-bond donors (Lipinski definition) is 1. The van der Waals surface area contributed by atoms with E-state index in [-0.39, 0.29) is 5.54 Å². The molecule has 1 saturated carbocycles. The number of rotatable bonds is 3. The van der Waals surface area contributed by atoms with Gasteiger partial charge in [-0.2, -0.15) is 5.26 Å². The molecule has 3 nitrogen and oxygen atoms in total. The molecule has 19 heavy (non-hydrogen) atoms. The third-order valence-corrected chi connectivity index (χ3v) is 3.91. The maximum absolute atomic E-state index is 9.05. The van der Waals surface area contributed by atoms with E-state index < -0.39 is 0 Å². The maximum Gasteiger partial charge on any atom is 0.138 e. The summed E-state index contributed by atoms with van der Waals surface area (Å²) in [7, 11) is 0. The van der Waals surface area contributed by atoms with E-state index in [1.54, 1.807) is 18.2 Å². The number of hydrogen-bond acceptors (Lipinski definition) is 3. The van der Waals surface area contributed by atoms with Gasteiger partial charge in [0.1, 0.15) is 18.4 Å². The molecule has 1 aromatic carbocycles. The Bertz CT molecular complexity index is 474. The quantitative estimate of drug-likeness (QED) is 0.859. The van der Waals surface area contributed by atoms with Crippen molar-refractivity contribution < 1.29 is 4.74 Å². The average molecular weight is 279 g/mol. The largest absolute Gasteiger partial charge is 0.490 e. The minimum Gasteiger partial charge on any atom is -0.490 e. The monoisotopic (exact) mass is 278 g/mol. The van der Waals surface area contributed by atoms with Crippen LogP contribution in [-0.2, 0) is 0 Å². The Hall–Kier alpha value is -1.24. The SMILES string of the molecule is N#Cc1ccc(Cl)cc1OCC1(N)CCCCCC1. The van der Waals surface area contributed by atoms with Crippen molar-refractivity contribution in [3.63, 3.8) is 0 Å². The second-order valence-corrected chi connectivity index (χ2v) is 5.75. The smallest absolute Gasteiger partial charge is 0.138 e. The first kappa shape index (κ1) is 14.2. The fourth-order valence-corrected chi connectivity index (χ4v) is 2.67. The van der Waals surface area contributed by atoms with Crippen LogP contribution < -0.4 is 10.5 Å². The Morgan fingerprint density at radius 2 is 1.95 bits per heavy atom. The predicted octanol–water partition coefficient (Wildman–Crippen LogP) is 3.64. The van der Waals surface area contributed by atoms with Gasteiger partial charge >= 0.3 is 0 Å². The van der Waals surface area contributed by atoms with Gasteiger partial charge in [-0.3, -0.25) is 0 Å². The lowest BCUT2D eigenvalue weighted by Crippen LogP contribution is -2.45. The van der Waals surface area contributed by atoms with E-state index in [1.165, 1.54) is 12.8 Å². The topological polar surface area (TPSA) is 59.0 Å². The molecule has 0 saturated heterocycles. The van der Waals surface area contributed by atoms with Crippen LogP contribution in [0.4, 0.5) is 0 Å². The van der Waals surface area contributed by atoms with Crippen molar-refractivity contribution in [3.05, 3.63) is 28.8 Å². The molecule has 0 spiro atoms. The first-order chi connectivity index (χ1) is 9.13. The van der Waals surface area contributed by atoms with Crippen molar-refractivity contribution >= 4 is 11.6 Å². The Balaban J connectivity index is 2.05. The number of benzene rings is 1. The van der Waals surface area contributed by atoms with Gasteiger partial charge in [-0.05, 0) is 25.0 Å². The lowest BCUT2D eigenvalue weighted by atomic mass is 9.92. The molecule has 0 radical (unpaired) electrons. The highest BCUT2D eigenvalue weighted by Crippen LogP contribution is 2.28. The highest BCUT2D eigenvalue weighted by Gasteiger charge is 2.27. The molecule has 4 heteroatoms. The fraction of sp³-hybridized carbons (Fsp3) is 0.533. The van der Waals surface area contributed by atoms with Gasteiger partial charge in [-0.1, -0.05) is 37.3 Å². The zero-order chi connectivity index (χ0) is 13.7. The number of halogens is 1. The summed E-state index contributed by atoms with van der Waals surface area (Å²) in [6.07, 6.45) is 6.77. The van der Waals surface area contributed by atoms with Gasteiger partial charge in [0.05, 0.1) is 11.1 Å². The molecule has 0 amide bonds. The summed E-state index contributed by atoms with van der Waals surface area (Å²) in [5, 5.41) is 9.62. The molecule has 1 aromatic rings. The van der Waals surface area contributed by atoms with E-state index in [2.05, 4.69) is 6.07 Å². The number of ether oxygens (including phenoxy) is 1. The standard InChI is InChI=1S/C15H19ClN2O/c16-13-6-5-12(10-17)14(9-13)19-11-15(18)7-3-1-2-4-8-15/h5-6,9H,1-4,7-8,11,18H2. The summed E-state index contributed by atoms with van der Waals surface area (Å²) in [5.74, 6) is 0.532. The average Bonchev–Trinajstić information content (AvgIpc) is 2.62. The molecular formula is C15H19ClN2O. The van der Waals surface area contributed by atoms with Crippen molar-refractivity contribution in [1.29, 1.82) is 5.26 Å². The second kappa shape index (κ2) is 6.27. The van der Waals surface area contributed by atoms with Gasteiger partial charge in [0.15, 0.2) is 0 Å². The van der Waals surface area contributed by atoms with Crippen LogP contribution in [0.5, 0.6) is 5.75 Å². The van der Waals surface area contributed by atoms with Crippen LogP contribution in [0.25, 0.3) is 0 Å². The highest BCUT2D eigenvalue weighted by molar-refractivity contribution is 6.30. The van der Waals surface area contributed by atoms with E-state index in [4.69, 9.17) is 27.3 Å². The molecule has 0 bridgehead atoms. The van der Waals surface area contributed by atoms with Crippen LogP contribution in [-0.4, -0.2) is 12.1 Å². The van der Waals surface area contributed by atoms with E-state index in [0.29, 0.717) is 22.9 Å². The molecule has 0 unspecified atom stereocenters. The fourth-order valence-electron chi connectivity index (χ4n) is 2.51. The molecule has 0 heterocycles. The van der Waals surface area contributed by atoms with Crippen LogP contribution in [0, 0.1) is 11.3 Å². The van der Waals surface area contributed by atoms with Crippen LogP contribution in [0.1, 0.15) is 44.1 Å². The van der Waals surface area contributed by atoms with Crippen molar-refractivity contribution in [3.8, 4) is 11.8 Å². The van der Waals surface area contributed by atoms with E-state index in [0.717, 1.165) is 25.7 Å². The van der Waals surface area contributed by atoms with Gasteiger partial charge in [0, 0.05) is 11.1 Å². The summed E-state index contributed by atoms with van der Waals surface area (Å²) in [6.45, 7) is 0.446. The van der Waals surface area contributed by atoms with Crippen molar-refractivity contribution in [1.82, 2.24) is 0 Å². The summed E-state index contributed by atoms with van der Waals surface area (Å²) >= 11 is 5.94. The van der Waals surface area contributed by atoms with Gasteiger partial charge in [0.25, 0.3) is 0 Å². The first-order valence-corrected chi connectivity index (χ1v) is 7.12. The first-order valence-electron chi connectivity index (χ1n) is 6.74. The molecule has 2 N–H and O–H groups in total. The summed E-state index contributed by atoms with van der Waals surface area (Å²) in [6, 6.07) is 7.16. The number of nitrogens with two attached hydrogens (primary N) is 1. The minimum atomic E-state index is -0.272. The van der Waals surface area contributed by atoms with Crippen LogP contribution in [0.15, 0.2) is 18.2 Å². The third kappa shape index (κ3) is 3.86.